The monoisotopic (exact) mass is 432 g/mol. The Bertz CT molecular complexity index is 1030. The molecule has 1 amide bonds. The molecule has 0 radical (unpaired) electrons. The average molecular weight is 433 g/mol. The van der Waals surface area contributed by atoms with Crippen LogP contribution in [-0.2, 0) is 9.53 Å². The van der Waals surface area contributed by atoms with Crippen molar-refractivity contribution in [3.63, 3.8) is 0 Å². The molecule has 1 N–H and O–H groups in total. The van der Waals surface area contributed by atoms with Gasteiger partial charge >= 0.3 is 0 Å². The lowest BCUT2D eigenvalue weighted by atomic mass is 9.81. The van der Waals surface area contributed by atoms with E-state index in [1.807, 2.05) is 12.1 Å². The van der Waals surface area contributed by atoms with Gasteiger partial charge in [-0.3, -0.25) is 9.69 Å². The molecular weight excluding hydrogens is 404 g/mol. The van der Waals surface area contributed by atoms with Crippen molar-refractivity contribution in [3.8, 4) is 6.07 Å². The van der Waals surface area contributed by atoms with Gasteiger partial charge in [0.2, 0.25) is 11.9 Å². The molecule has 2 saturated heterocycles. The van der Waals surface area contributed by atoms with Gasteiger partial charge < -0.3 is 15.0 Å². The molecule has 3 aliphatic rings. The molecule has 32 heavy (non-hydrogen) atoms. The summed E-state index contributed by atoms with van der Waals surface area (Å²) in [6.07, 6.45) is 4.95. The first-order valence-corrected chi connectivity index (χ1v) is 11.4. The van der Waals surface area contributed by atoms with Crippen molar-refractivity contribution >= 4 is 29.0 Å². The maximum Gasteiger partial charge on any atom is 0.249 e. The first kappa shape index (κ1) is 20.7. The number of hydrogen-bond acceptors (Lipinski definition) is 7. The molecule has 8 heteroatoms. The second-order valence-electron chi connectivity index (χ2n) is 8.81. The number of amides is 1. The topological polar surface area (TPSA) is 94.4 Å². The zero-order chi connectivity index (χ0) is 22.1. The van der Waals surface area contributed by atoms with Crippen LogP contribution in [-0.4, -0.2) is 48.2 Å². The molecule has 1 aliphatic carbocycles. The smallest absolute Gasteiger partial charge is 0.249 e. The zero-order valence-corrected chi connectivity index (χ0v) is 18.3. The first-order chi connectivity index (χ1) is 15.6. The Morgan fingerprint density at radius 1 is 1.22 bits per heavy atom. The van der Waals surface area contributed by atoms with Crippen LogP contribution >= 0.6 is 0 Å². The molecule has 3 fully saturated rings. The molecule has 1 saturated carbocycles. The number of benzene rings is 1. The van der Waals surface area contributed by atoms with Gasteiger partial charge in [-0.1, -0.05) is 6.92 Å². The first-order valence-electron chi connectivity index (χ1n) is 11.4. The highest BCUT2D eigenvalue weighted by molar-refractivity contribution is 6.02. The van der Waals surface area contributed by atoms with E-state index in [-0.39, 0.29) is 17.9 Å². The van der Waals surface area contributed by atoms with Crippen LogP contribution in [0.25, 0.3) is 0 Å². The summed E-state index contributed by atoms with van der Waals surface area (Å²) >= 11 is 0. The zero-order valence-electron chi connectivity index (χ0n) is 18.3. The van der Waals surface area contributed by atoms with Gasteiger partial charge in [-0.15, -0.1) is 0 Å². The highest BCUT2D eigenvalue weighted by Crippen LogP contribution is 2.54. The summed E-state index contributed by atoms with van der Waals surface area (Å²) in [5.74, 6) is 1.07. The fraction of sp³-hybridized carbons (Fsp3) is 0.500. The standard InChI is InChI=1S/C24H28N6O2/c1-2-19-15-24(16-25,17-3-4-17)22(31)30(19)21-9-10-26-23(28-21)27-18-5-7-20(8-6-18)29-11-13-32-14-12-29/h5-10,17,19H,2-4,11-15H2,1H3,(H,26,27,28)/t19-,24+/m1/s1. The summed E-state index contributed by atoms with van der Waals surface area (Å²) in [5, 5.41) is 13.1. The molecule has 2 aliphatic heterocycles. The van der Waals surface area contributed by atoms with Crippen LogP contribution in [0.15, 0.2) is 36.5 Å². The molecule has 2 aromatic rings. The van der Waals surface area contributed by atoms with Gasteiger partial charge in [0.15, 0.2) is 0 Å². The Kier molecular flexibility index (Phi) is 5.43. The fourth-order valence-corrected chi connectivity index (χ4v) is 4.90. The molecule has 0 spiro atoms. The predicted octanol–water partition coefficient (Wildman–Crippen LogP) is 3.49. The van der Waals surface area contributed by atoms with E-state index in [1.54, 1.807) is 17.2 Å². The fourth-order valence-electron chi connectivity index (χ4n) is 4.90. The van der Waals surface area contributed by atoms with E-state index in [0.717, 1.165) is 56.9 Å². The van der Waals surface area contributed by atoms with Gasteiger partial charge in [-0.25, -0.2) is 4.98 Å². The van der Waals surface area contributed by atoms with E-state index in [0.29, 0.717) is 18.2 Å². The van der Waals surface area contributed by atoms with Gasteiger partial charge in [-0.2, -0.15) is 10.2 Å². The van der Waals surface area contributed by atoms with Crippen molar-refractivity contribution in [2.75, 3.05) is 41.4 Å². The van der Waals surface area contributed by atoms with Crippen molar-refractivity contribution in [1.29, 1.82) is 5.26 Å². The van der Waals surface area contributed by atoms with Gasteiger partial charge in [0.1, 0.15) is 11.2 Å². The average Bonchev–Trinajstić information content (AvgIpc) is 3.65. The van der Waals surface area contributed by atoms with E-state index in [2.05, 4.69) is 45.3 Å². The van der Waals surface area contributed by atoms with Gasteiger partial charge in [0.25, 0.3) is 0 Å². The van der Waals surface area contributed by atoms with Crippen molar-refractivity contribution in [2.45, 2.75) is 38.6 Å². The van der Waals surface area contributed by atoms with Gasteiger partial charge in [0, 0.05) is 36.7 Å². The van der Waals surface area contributed by atoms with Gasteiger partial charge in [0.05, 0.1) is 19.3 Å². The minimum atomic E-state index is -0.894. The second-order valence-corrected chi connectivity index (χ2v) is 8.81. The number of hydrogen-bond donors (Lipinski definition) is 1. The van der Waals surface area contributed by atoms with Crippen LogP contribution < -0.4 is 15.1 Å². The van der Waals surface area contributed by atoms with Crippen LogP contribution in [0.3, 0.4) is 0 Å². The quantitative estimate of drug-likeness (QED) is 0.747. The Balaban J connectivity index is 1.34. The predicted molar refractivity (Wildman–Crippen MR) is 122 cm³/mol. The third kappa shape index (κ3) is 3.67. The SMILES string of the molecule is CC[C@@H]1C[C@](C#N)(C2CC2)C(=O)N1c1ccnc(Nc2ccc(N3CCOCC3)cc2)n1. The van der Waals surface area contributed by atoms with Crippen molar-refractivity contribution in [2.24, 2.45) is 11.3 Å². The second kappa shape index (κ2) is 8.40. The van der Waals surface area contributed by atoms with Crippen molar-refractivity contribution in [3.05, 3.63) is 36.5 Å². The Hall–Kier alpha value is -3.18. The van der Waals surface area contributed by atoms with Crippen LogP contribution in [0, 0.1) is 22.7 Å². The number of anilines is 4. The number of carbonyl (C=O) groups is 1. The summed E-state index contributed by atoms with van der Waals surface area (Å²) in [6, 6.07) is 12.3. The van der Waals surface area contributed by atoms with E-state index in [4.69, 9.17) is 4.74 Å². The molecule has 1 aromatic heterocycles. The lowest BCUT2D eigenvalue weighted by molar-refractivity contribution is -0.123. The van der Waals surface area contributed by atoms with Crippen LogP contribution in [0.2, 0.25) is 0 Å². The summed E-state index contributed by atoms with van der Waals surface area (Å²) in [7, 11) is 0. The molecule has 8 nitrogen and oxygen atoms in total. The summed E-state index contributed by atoms with van der Waals surface area (Å²) in [4.78, 5) is 26.4. The Morgan fingerprint density at radius 3 is 2.62 bits per heavy atom. The van der Waals surface area contributed by atoms with Crippen LogP contribution in [0.4, 0.5) is 23.1 Å². The number of rotatable bonds is 6. The van der Waals surface area contributed by atoms with E-state index in [1.165, 1.54) is 0 Å². The summed E-state index contributed by atoms with van der Waals surface area (Å²) in [5.41, 5.74) is 1.15. The summed E-state index contributed by atoms with van der Waals surface area (Å²) in [6.45, 7) is 5.35. The Labute approximate surface area is 188 Å². The number of ether oxygens (including phenoxy) is 1. The lowest BCUT2D eigenvalue weighted by Crippen LogP contribution is -2.38. The maximum absolute atomic E-state index is 13.4. The molecule has 0 unspecified atom stereocenters. The highest BCUT2D eigenvalue weighted by Gasteiger charge is 2.60. The molecule has 1 aromatic carbocycles. The highest BCUT2D eigenvalue weighted by atomic mass is 16.5. The minimum Gasteiger partial charge on any atom is -0.378 e. The minimum absolute atomic E-state index is 0.0155. The number of nitrogens with one attached hydrogen (secondary N) is 1. The largest absolute Gasteiger partial charge is 0.378 e. The molecule has 5 rings (SSSR count). The molecular formula is C24H28N6O2. The summed E-state index contributed by atoms with van der Waals surface area (Å²) < 4.78 is 5.42. The third-order valence-corrected chi connectivity index (χ3v) is 6.86. The number of nitriles is 1. The molecule has 2 atom stereocenters. The van der Waals surface area contributed by atoms with Gasteiger partial charge in [-0.05, 0) is 61.9 Å². The number of aromatic nitrogens is 2. The van der Waals surface area contributed by atoms with E-state index < -0.39 is 5.41 Å². The van der Waals surface area contributed by atoms with E-state index >= 15 is 0 Å². The number of morpholine rings is 1. The molecule has 0 bridgehead atoms. The Morgan fingerprint density at radius 2 is 1.97 bits per heavy atom. The number of nitrogens with zero attached hydrogens (tertiary/aromatic N) is 5. The normalized spacial score (nSPS) is 25.6. The maximum atomic E-state index is 13.4. The van der Waals surface area contributed by atoms with Crippen molar-refractivity contribution < 1.29 is 9.53 Å². The lowest BCUT2D eigenvalue weighted by Gasteiger charge is -2.28. The van der Waals surface area contributed by atoms with Crippen LogP contribution in [0.5, 0.6) is 0 Å². The van der Waals surface area contributed by atoms with Crippen LogP contribution in [0.1, 0.15) is 32.6 Å². The molecule has 166 valence electrons. The number of carbonyl (C=O) groups excluding carboxylic acids is 1. The van der Waals surface area contributed by atoms with Crippen molar-refractivity contribution in [1.82, 2.24) is 9.97 Å². The van der Waals surface area contributed by atoms with E-state index in [9.17, 15) is 10.1 Å². The molecule has 3 heterocycles. The third-order valence-electron chi connectivity index (χ3n) is 6.86.